The fraction of sp³-hybridized carbons (Fsp3) is 0.273. The van der Waals surface area contributed by atoms with E-state index in [1.54, 1.807) is 11.8 Å². The summed E-state index contributed by atoms with van der Waals surface area (Å²) in [5.74, 6) is -0.0408. The van der Waals surface area contributed by atoms with E-state index in [9.17, 15) is 4.79 Å². The summed E-state index contributed by atoms with van der Waals surface area (Å²) in [5.41, 5.74) is 2.01. The Morgan fingerprint density at radius 1 is 1.56 bits per heavy atom. The summed E-state index contributed by atoms with van der Waals surface area (Å²) in [6, 6.07) is 5.97. The van der Waals surface area contributed by atoms with E-state index < -0.39 is 0 Å². The first-order valence-electron chi connectivity index (χ1n) is 5.15. The van der Waals surface area contributed by atoms with Gasteiger partial charge in [-0.05, 0) is 30.0 Å². The monoisotopic (exact) mass is 233 g/mol. The molecular weight excluding hydrogens is 222 g/mol. The van der Waals surface area contributed by atoms with E-state index in [4.69, 9.17) is 0 Å². The number of fused-ring (bicyclic) bond motifs is 3. The molecule has 0 aliphatic carbocycles. The minimum atomic E-state index is -0.0408. The molecule has 0 saturated heterocycles. The average molecular weight is 233 g/mol. The van der Waals surface area contributed by atoms with Crippen molar-refractivity contribution < 1.29 is 4.79 Å². The first-order valence-corrected chi connectivity index (χ1v) is 5.97. The normalized spacial score (nSPS) is 16.8. The Balaban J connectivity index is 1.97. The van der Waals surface area contributed by atoms with Crippen LogP contribution in [-0.2, 0) is 4.79 Å². The van der Waals surface area contributed by atoms with Crippen molar-refractivity contribution in [3.63, 3.8) is 0 Å². The zero-order chi connectivity index (χ0) is 11.1. The lowest BCUT2D eigenvalue weighted by Crippen LogP contribution is -2.20. The molecule has 2 heterocycles. The van der Waals surface area contributed by atoms with E-state index in [2.05, 4.69) is 15.2 Å². The van der Waals surface area contributed by atoms with Gasteiger partial charge in [0.2, 0.25) is 5.91 Å². The third-order valence-electron chi connectivity index (χ3n) is 2.57. The molecule has 0 atom stereocenters. The number of nitrogens with one attached hydrogen (secondary N) is 1. The average Bonchev–Trinajstić information content (AvgIpc) is 2.77. The molecule has 2 aliphatic rings. The van der Waals surface area contributed by atoms with E-state index in [-0.39, 0.29) is 5.91 Å². The molecule has 0 bridgehead atoms. The quantitative estimate of drug-likeness (QED) is 0.806. The number of anilines is 2. The maximum atomic E-state index is 11.0. The molecule has 3 rings (SSSR count). The van der Waals surface area contributed by atoms with Gasteiger partial charge < -0.3 is 10.2 Å². The zero-order valence-electron chi connectivity index (χ0n) is 8.86. The number of hydrogen-bond donors (Lipinski definition) is 1. The third-order valence-corrected chi connectivity index (χ3v) is 3.67. The molecule has 4 nitrogen and oxygen atoms in total. The molecule has 0 saturated carbocycles. The molecule has 2 aliphatic heterocycles. The van der Waals surface area contributed by atoms with Gasteiger partial charge in [-0.2, -0.15) is 0 Å². The van der Waals surface area contributed by atoms with Crippen molar-refractivity contribution in [3.8, 4) is 0 Å². The van der Waals surface area contributed by atoms with Crippen LogP contribution < -0.4 is 10.2 Å². The van der Waals surface area contributed by atoms with Crippen molar-refractivity contribution in [2.75, 3.05) is 23.3 Å². The second-order valence-electron chi connectivity index (χ2n) is 3.78. The van der Waals surface area contributed by atoms with Crippen LogP contribution in [0, 0.1) is 0 Å². The lowest BCUT2D eigenvalue weighted by molar-refractivity contribution is -0.114. The lowest BCUT2D eigenvalue weighted by atomic mass is 10.2. The second-order valence-corrected chi connectivity index (χ2v) is 4.79. The maximum absolute atomic E-state index is 11.0. The van der Waals surface area contributed by atoms with E-state index in [0.29, 0.717) is 0 Å². The van der Waals surface area contributed by atoms with Crippen molar-refractivity contribution in [1.29, 1.82) is 0 Å². The highest BCUT2D eigenvalue weighted by Crippen LogP contribution is 2.42. The third kappa shape index (κ3) is 1.48. The first kappa shape index (κ1) is 9.72. The summed E-state index contributed by atoms with van der Waals surface area (Å²) < 4.78 is 0. The zero-order valence-corrected chi connectivity index (χ0v) is 9.67. The van der Waals surface area contributed by atoms with Crippen LogP contribution in [0.15, 0.2) is 28.1 Å². The lowest BCUT2D eigenvalue weighted by Gasteiger charge is -2.13. The van der Waals surface area contributed by atoms with Crippen LogP contribution in [0.25, 0.3) is 0 Å². The summed E-state index contributed by atoms with van der Waals surface area (Å²) >= 11 is 1.70. The molecule has 1 aromatic carbocycles. The van der Waals surface area contributed by atoms with Gasteiger partial charge in [-0.1, -0.05) is 0 Å². The van der Waals surface area contributed by atoms with Crippen LogP contribution in [0.5, 0.6) is 0 Å². The van der Waals surface area contributed by atoms with Crippen molar-refractivity contribution >= 4 is 34.2 Å². The van der Waals surface area contributed by atoms with E-state index in [0.717, 1.165) is 29.6 Å². The van der Waals surface area contributed by atoms with Gasteiger partial charge in [0.05, 0.1) is 12.2 Å². The van der Waals surface area contributed by atoms with Gasteiger partial charge in [0.15, 0.2) is 5.17 Å². The molecule has 0 spiro atoms. The predicted octanol–water partition coefficient (Wildman–Crippen LogP) is 1.93. The molecule has 0 aromatic heterocycles. The minimum absolute atomic E-state index is 0.0408. The molecule has 1 aromatic rings. The highest BCUT2D eigenvalue weighted by molar-refractivity contribution is 8.14. The number of rotatable bonds is 1. The number of carbonyl (C=O) groups is 1. The molecule has 1 amide bonds. The van der Waals surface area contributed by atoms with Crippen molar-refractivity contribution in [1.82, 2.24) is 0 Å². The molecule has 16 heavy (non-hydrogen) atoms. The highest BCUT2D eigenvalue weighted by atomic mass is 32.2. The van der Waals surface area contributed by atoms with Gasteiger partial charge in [0.1, 0.15) is 0 Å². The number of amidine groups is 1. The van der Waals surface area contributed by atoms with E-state index >= 15 is 0 Å². The number of carbonyl (C=O) groups excluding carboxylic acids is 1. The van der Waals surface area contributed by atoms with Crippen LogP contribution in [-0.4, -0.2) is 24.2 Å². The Morgan fingerprint density at radius 3 is 3.25 bits per heavy atom. The molecule has 1 N–H and O–H groups in total. The number of hydrogen-bond acceptors (Lipinski definition) is 4. The minimum Gasteiger partial charge on any atom is -0.326 e. The summed E-state index contributed by atoms with van der Waals surface area (Å²) in [4.78, 5) is 18.8. The number of nitrogens with zero attached hydrogens (tertiary/aromatic N) is 2. The fourth-order valence-corrected chi connectivity index (χ4v) is 2.99. The largest absolute Gasteiger partial charge is 0.326 e. The second kappa shape index (κ2) is 3.52. The Morgan fingerprint density at radius 2 is 2.44 bits per heavy atom. The predicted molar refractivity (Wildman–Crippen MR) is 66.3 cm³/mol. The Hall–Kier alpha value is -1.49. The van der Waals surface area contributed by atoms with E-state index in [1.807, 2.05) is 18.2 Å². The highest BCUT2D eigenvalue weighted by Gasteiger charge is 2.29. The molecule has 0 radical (unpaired) electrons. The Kier molecular flexibility index (Phi) is 2.14. The van der Waals surface area contributed by atoms with Gasteiger partial charge in [0, 0.05) is 24.1 Å². The first-order chi connectivity index (χ1) is 7.74. The van der Waals surface area contributed by atoms with Crippen LogP contribution in [0.1, 0.15) is 6.92 Å². The summed E-state index contributed by atoms with van der Waals surface area (Å²) in [7, 11) is 0. The number of thioether (sulfide) groups is 1. The van der Waals surface area contributed by atoms with Gasteiger partial charge in [-0.25, -0.2) is 0 Å². The Labute approximate surface area is 97.7 Å². The van der Waals surface area contributed by atoms with Crippen molar-refractivity contribution in [2.24, 2.45) is 4.99 Å². The SMILES string of the molecule is CC(=O)Nc1ccc2c(c1)N1CCN=C1S2. The van der Waals surface area contributed by atoms with Crippen molar-refractivity contribution in [3.05, 3.63) is 18.2 Å². The van der Waals surface area contributed by atoms with Crippen LogP contribution in [0.4, 0.5) is 11.4 Å². The maximum Gasteiger partial charge on any atom is 0.221 e. The van der Waals surface area contributed by atoms with Crippen molar-refractivity contribution in [2.45, 2.75) is 11.8 Å². The molecule has 0 unspecified atom stereocenters. The van der Waals surface area contributed by atoms with Crippen LogP contribution >= 0.6 is 11.8 Å². The molecular formula is C11H11N3OS. The van der Waals surface area contributed by atoms with Gasteiger partial charge in [0.25, 0.3) is 0 Å². The van der Waals surface area contributed by atoms with Gasteiger partial charge in [-0.15, -0.1) is 0 Å². The van der Waals surface area contributed by atoms with Gasteiger partial charge >= 0.3 is 0 Å². The standard InChI is InChI=1S/C11H11N3OS/c1-7(15)13-8-2-3-10-9(6-8)14-5-4-12-11(14)16-10/h2-3,6H,4-5H2,1H3,(H,13,15). The number of benzene rings is 1. The van der Waals surface area contributed by atoms with E-state index in [1.165, 1.54) is 11.8 Å². The van der Waals surface area contributed by atoms with Crippen LogP contribution in [0.3, 0.4) is 0 Å². The summed E-state index contributed by atoms with van der Waals surface area (Å²) in [6.07, 6.45) is 0. The van der Waals surface area contributed by atoms with Gasteiger partial charge in [-0.3, -0.25) is 9.79 Å². The fourth-order valence-electron chi connectivity index (χ4n) is 1.93. The number of amides is 1. The molecule has 5 heteroatoms. The summed E-state index contributed by atoms with van der Waals surface area (Å²) in [6.45, 7) is 3.33. The smallest absolute Gasteiger partial charge is 0.221 e. The molecule has 82 valence electrons. The van der Waals surface area contributed by atoms with Crippen LogP contribution in [0.2, 0.25) is 0 Å². The topological polar surface area (TPSA) is 44.7 Å². The number of aliphatic imine (C=N–C) groups is 1. The Bertz CT molecular complexity index is 498. The summed E-state index contributed by atoms with van der Waals surface area (Å²) in [5, 5.41) is 3.88. The molecule has 0 fully saturated rings.